The van der Waals surface area contributed by atoms with Crippen LogP contribution < -0.4 is 10.9 Å². The highest BCUT2D eigenvalue weighted by molar-refractivity contribution is 5.65. The number of aromatic hydroxyl groups is 1. The quantitative estimate of drug-likeness (QED) is 0.718. The van der Waals surface area contributed by atoms with Gasteiger partial charge >= 0.3 is 11.9 Å². The molecule has 2 N–H and O–H groups in total. The van der Waals surface area contributed by atoms with Gasteiger partial charge in [0, 0.05) is 25.5 Å². The van der Waals surface area contributed by atoms with Crippen molar-refractivity contribution in [3.05, 3.63) is 46.8 Å². The van der Waals surface area contributed by atoms with E-state index in [1.807, 2.05) is 0 Å². The number of nitrogens with zero attached hydrogens (tertiary/aromatic N) is 3. The monoisotopic (exact) mass is 354 g/mol. The summed E-state index contributed by atoms with van der Waals surface area (Å²) in [7, 11) is 0. The number of carbonyl (C=O) groups excluding carboxylic acids is 1. The topological polar surface area (TPSA) is 106 Å². The zero-order valence-electron chi connectivity index (χ0n) is 13.3. The number of carbonyl (C=O) groups is 1. The molecule has 134 valence electrons. The van der Waals surface area contributed by atoms with Crippen LogP contribution >= 0.6 is 0 Å². The van der Waals surface area contributed by atoms with Crippen LogP contribution in [0.3, 0.4) is 0 Å². The van der Waals surface area contributed by atoms with Crippen LogP contribution in [-0.4, -0.2) is 38.8 Å². The lowest BCUT2D eigenvalue weighted by molar-refractivity contribution is -0.141. The van der Waals surface area contributed by atoms with Gasteiger partial charge in [-0.3, -0.25) is 14.6 Å². The van der Waals surface area contributed by atoms with E-state index in [4.69, 9.17) is 4.74 Å². The van der Waals surface area contributed by atoms with E-state index in [1.165, 1.54) is 30.0 Å². The minimum atomic E-state index is -3.52. The molecule has 0 aliphatic rings. The molecule has 0 saturated heterocycles. The second-order valence-electron chi connectivity index (χ2n) is 5.04. The maximum Gasteiger partial charge on any atom is 0.310 e. The average Bonchev–Trinajstić information content (AvgIpc) is 2.55. The number of aromatic nitrogens is 3. The van der Waals surface area contributed by atoms with Gasteiger partial charge < -0.3 is 19.7 Å². The van der Waals surface area contributed by atoms with Crippen LogP contribution in [-0.2, 0) is 22.0 Å². The molecular formula is C15H16F2N4O4. The number of alkyl halides is 2. The van der Waals surface area contributed by atoms with E-state index in [0.717, 1.165) is 12.3 Å². The molecule has 0 fully saturated rings. The van der Waals surface area contributed by atoms with Crippen LogP contribution in [0.1, 0.15) is 12.6 Å². The summed E-state index contributed by atoms with van der Waals surface area (Å²) in [5.74, 6) is -4.94. The lowest BCUT2D eigenvalue weighted by Gasteiger charge is -2.17. The molecule has 0 spiro atoms. The van der Waals surface area contributed by atoms with Crippen LogP contribution in [0.15, 0.2) is 35.5 Å². The molecule has 0 saturated carbocycles. The van der Waals surface area contributed by atoms with Crippen molar-refractivity contribution < 1.29 is 23.4 Å². The standard InChI is InChI=1S/C15H16F2N4O4/c1-10(22)25-8-7-21-6-5-19-13(14(21)24)20-9-15(16,17)12-11(23)3-2-4-18-12/h2-6,23H,7-9H2,1H3,(H,19,20). The summed E-state index contributed by atoms with van der Waals surface area (Å²) in [6, 6.07) is 2.42. The lowest BCUT2D eigenvalue weighted by atomic mass is 10.2. The first kappa shape index (κ1) is 18.3. The highest BCUT2D eigenvalue weighted by Gasteiger charge is 2.36. The normalized spacial score (nSPS) is 11.2. The van der Waals surface area contributed by atoms with Gasteiger partial charge in [0.25, 0.3) is 5.56 Å². The molecule has 0 bridgehead atoms. The van der Waals surface area contributed by atoms with Crippen LogP contribution in [0.4, 0.5) is 14.6 Å². The van der Waals surface area contributed by atoms with E-state index in [2.05, 4.69) is 15.3 Å². The number of nitrogens with one attached hydrogen (secondary N) is 1. The van der Waals surface area contributed by atoms with Gasteiger partial charge in [0.05, 0.1) is 13.1 Å². The Morgan fingerprint density at radius 2 is 2.16 bits per heavy atom. The third-order valence-electron chi connectivity index (χ3n) is 3.16. The number of esters is 1. The molecule has 0 unspecified atom stereocenters. The van der Waals surface area contributed by atoms with Crippen molar-refractivity contribution in [2.24, 2.45) is 0 Å². The first-order chi connectivity index (χ1) is 11.8. The summed E-state index contributed by atoms with van der Waals surface area (Å²) in [6.45, 7) is 0.287. The maximum absolute atomic E-state index is 14.1. The zero-order chi connectivity index (χ0) is 18.4. The highest BCUT2D eigenvalue weighted by Crippen LogP contribution is 2.32. The molecule has 8 nitrogen and oxygen atoms in total. The Bertz CT molecular complexity index is 810. The summed E-state index contributed by atoms with van der Waals surface area (Å²) in [5.41, 5.74) is -1.44. The molecular weight excluding hydrogens is 338 g/mol. The number of ether oxygens (including phenoxy) is 1. The van der Waals surface area contributed by atoms with Crippen molar-refractivity contribution in [2.75, 3.05) is 18.5 Å². The number of anilines is 1. The molecule has 0 aliphatic heterocycles. The molecule has 10 heteroatoms. The van der Waals surface area contributed by atoms with E-state index in [1.54, 1.807) is 0 Å². The number of rotatable bonds is 7. The Morgan fingerprint density at radius 3 is 2.84 bits per heavy atom. The molecule has 2 rings (SSSR count). The van der Waals surface area contributed by atoms with Crippen molar-refractivity contribution in [1.29, 1.82) is 0 Å². The van der Waals surface area contributed by atoms with E-state index >= 15 is 0 Å². The molecule has 0 radical (unpaired) electrons. The highest BCUT2D eigenvalue weighted by atomic mass is 19.3. The van der Waals surface area contributed by atoms with E-state index in [-0.39, 0.29) is 19.0 Å². The fourth-order valence-corrected chi connectivity index (χ4v) is 1.99. The third-order valence-corrected chi connectivity index (χ3v) is 3.16. The fourth-order valence-electron chi connectivity index (χ4n) is 1.99. The van der Waals surface area contributed by atoms with Gasteiger partial charge in [-0.05, 0) is 12.1 Å². The minimum Gasteiger partial charge on any atom is -0.506 e. The Hall–Kier alpha value is -3.04. The second-order valence-corrected chi connectivity index (χ2v) is 5.04. The molecule has 2 aromatic heterocycles. The van der Waals surface area contributed by atoms with Gasteiger partial charge in [0.1, 0.15) is 12.4 Å². The molecule has 2 aromatic rings. The SMILES string of the molecule is CC(=O)OCCn1ccnc(NCC(F)(F)c2ncccc2O)c1=O. The predicted molar refractivity (Wildman–Crippen MR) is 83.4 cm³/mol. The summed E-state index contributed by atoms with van der Waals surface area (Å²) < 4.78 is 34.2. The van der Waals surface area contributed by atoms with Crippen molar-refractivity contribution in [2.45, 2.75) is 19.4 Å². The number of halogens is 2. The molecule has 0 amide bonds. The average molecular weight is 354 g/mol. The minimum absolute atomic E-state index is 0.0311. The van der Waals surface area contributed by atoms with Gasteiger partial charge in [0.2, 0.25) is 0 Å². The zero-order valence-corrected chi connectivity index (χ0v) is 13.3. The largest absolute Gasteiger partial charge is 0.506 e. The van der Waals surface area contributed by atoms with Crippen LogP contribution in [0.25, 0.3) is 0 Å². The smallest absolute Gasteiger partial charge is 0.310 e. The summed E-state index contributed by atoms with van der Waals surface area (Å²) in [4.78, 5) is 30.1. The van der Waals surface area contributed by atoms with Crippen molar-refractivity contribution in [1.82, 2.24) is 14.5 Å². The van der Waals surface area contributed by atoms with Crippen LogP contribution in [0, 0.1) is 0 Å². The Labute approximate surface area is 141 Å². The Kier molecular flexibility index (Phi) is 5.63. The van der Waals surface area contributed by atoms with Crippen LogP contribution in [0.5, 0.6) is 5.75 Å². The third kappa shape index (κ3) is 4.72. The van der Waals surface area contributed by atoms with E-state index < -0.39 is 35.4 Å². The van der Waals surface area contributed by atoms with Gasteiger partial charge in [-0.25, -0.2) is 4.98 Å². The molecule has 2 heterocycles. The summed E-state index contributed by atoms with van der Waals surface area (Å²) in [6.07, 6.45) is 3.74. The number of pyridine rings is 1. The van der Waals surface area contributed by atoms with Gasteiger partial charge in [-0.1, -0.05) is 0 Å². The van der Waals surface area contributed by atoms with Gasteiger partial charge in [-0.2, -0.15) is 8.78 Å². The van der Waals surface area contributed by atoms with Crippen molar-refractivity contribution in [3.8, 4) is 5.75 Å². The van der Waals surface area contributed by atoms with Crippen molar-refractivity contribution >= 4 is 11.8 Å². The van der Waals surface area contributed by atoms with Gasteiger partial charge in [-0.15, -0.1) is 0 Å². The summed E-state index contributed by atoms with van der Waals surface area (Å²) in [5, 5.41) is 11.8. The fraction of sp³-hybridized carbons (Fsp3) is 0.333. The van der Waals surface area contributed by atoms with Crippen LogP contribution in [0.2, 0.25) is 0 Å². The molecule has 0 aliphatic carbocycles. The number of hydrogen-bond donors (Lipinski definition) is 2. The van der Waals surface area contributed by atoms with Gasteiger partial charge in [0.15, 0.2) is 11.5 Å². The number of hydrogen-bond acceptors (Lipinski definition) is 7. The van der Waals surface area contributed by atoms with E-state index in [9.17, 15) is 23.5 Å². The van der Waals surface area contributed by atoms with Crippen molar-refractivity contribution in [3.63, 3.8) is 0 Å². The lowest BCUT2D eigenvalue weighted by Crippen LogP contribution is -2.31. The van der Waals surface area contributed by atoms with E-state index in [0.29, 0.717) is 0 Å². The Balaban J connectivity index is 2.09. The predicted octanol–water partition coefficient (Wildman–Crippen LogP) is 1.11. The Morgan fingerprint density at radius 1 is 1.40 bits per heavy atom. The first-order valence-corrected chi connectivity index (χ1v) is 7.26. The molecule has 25 heavy (non-hydrogen) atoms. The molecule has 0 atom stereocenters. The second kappa shape index (κ2) is 7.69. The molecule has 0 aromatic carbocycles. The first-order valence-electron chi connectivity index (χ1n) is 7.26. The maximum atomic E-state index is 14.1. The summed E-state index contributed by atoms with van der Waals surface area (Å²) >= 11 is 0.